The van der Waals surface area contributed by atoms with Crippen LogP contribution < -0.4 is 14.4 Å². The topological polar surface area (TPSA) is 76.1 Å². The first-order valence-corrected chi connectivity index (χ1v) is 8.10. The number of nitrogens with zero attached hydrogens (tertiary/aromatic N) is 1. The summed E-state index contributed by atoms with van der Waals surface area (Å²) in [7, 11) is 1.23. The van der Waals surface area contributed by atoms with Gasteiger partial charge in [-0.1, -0.05) is 12.1 Å². The van der Waals surface area contributed by atoms with Gasteiger partial charge in [0.05, 0.1) is 12.2 Å². The smallest absolute Gasteiger partial charge is 0.353 e. The lowest BCUT2D eigenvalue weighted by Gasteiger charge is -2.25. The van der Waals surface area contributed by atoms with Gasteiger partial charge in [-0.05, 0) is 43.3 Å². The summed E-state index contributed by atoms with van der Waals surface area (Å²) in [5.74, 6) is -6.16. The number of para-hydroxylation sites is 1. The molecule has 0 radical (unpaired) electrons. The third-order valence-corrected chi connectivity index (χ3v) is 3.68. The van der Waals surface area contributed by atoms with Crippen molar-refractivity contribution < 1.29 is 33.0 Å². The molecule has 2 aromatic rings. The molecule has 0 fully saturated rings. The zero-order chi connectivity index (χ0) is 20.0. The Morgan fingerprint density at radius 3 is 2.30 bits per heavy atom. The molecule has 0 spiro atoms. The number of hydrogen-bond donors (Lipinski definition) is 1. The number of carboxylic acids is 1. The number of halogens is 2. The fourth-order valence-electron chi connectivity index (χ4n) is 2.36. The van der Waals surface area contributed by atoms with E-state index in [-0.39, 0.29) is 23.8 Å². The van der Waals surface area contributed by atoms with Crippen molar-refractivity contribution in [1.82, 2.24) is 0 Å². The molecule has 1 amide bonds. The van der Waals surface area contributed by atoms with E-state index < -0.39 is 30.0 Å². The zero-order valence-electron chi connectivity index (χ0n) is 14.8. The highest BCUT2D eigenvalue weighted by atomic mass is 19.3. The molecule has 0 unspecified atom stereocenters. The standard InChI is InChI=1S/C19H19F2NO5/c1-3-26-16-7-5-4-6-15(16)19(20,21)18(25)22(2)13-8-10-14(11-9-13)27-12-17(23)24/h4-11H,3,12H2,1-2H3,(H,23,24). The van der Waals surface area contributed by atoms with E-state index >= 15 is 0 Å². The molecule has 144 valence electrons. The Morgan fingerprint density at radius 2 is 1.70 bits per heavy atom. The number of carbonyl (C=O) groups excluding carboxylic acids is 1. The van der Waals surface area contributed by atoms with Crippen molar-refractivity contribution in [3.05, 3.63) is 54.1 Å². The van der Waals surface area contributed by atoms with Gasteiger partial charge in [0.15, 0.2) is 6.61 Å². The highest BCUT2D eigenvalue weighted by Crippen LogP contribution is 2.37. The van der Waals surface area contributed by atoms with E-state index in [1.807, 2.05) is 0 Å². The average molecular weight is 379 g/mol. The maximum Gasteiger partial charge on any atom is 0.353 e. The Kier molecular flexibility index (Phi) is 6.33. The van der Waals surface area contributed by atoms with Gasteiger partial charge in [0.25, 0.3) is 0 Å². The number of benzene rings is 2. The van der Waals surface area contributed by atoms with Crippen LogP contribution in [-0.4, -0.2) is 37.2 Å². The van der Waals surface area contributed by atoms with Crippen LogP contribution >= 0.6 is 0 Å². The molecule has 0 aliphatic heterocycles. The molecule has 0 bridgehead atoms. The van der Waals surface area contributed by atoms with E-state index in [0.29, 0.717) is 0 Å². The minimum atomic E-state index is -3.79. The van der Waals surface area contributed by atoms with E-state index in [0.717, 1.165) is 11.0 Å². The Morgan fingerprint density at radius 1 is 1.07 bits per heavy atom. The highest BCUT2D eigenvalue weighted by molar-refractivity contribution is 5.98. The lowest BCUT2D eigenvalue weighted by Crippen LogP contribution is -2.40. The summed E-state index contributed by atoms with van der Waals surface area (Å²) in [6.07, 6.45) is 0. The summed E-state index contributed by atoms with van der Waals surface area (Å²) in [6.45, 7) is 1.33. The van der Waals surface area contributed by atoms with Crippen molar-refractivity contribution >= 4 is 17.6 Å². The van der Waals surface area contributed by atoms with Gasteiger partial charge in [-0.2, -0.15) is 8.78 Å². The van der Waals surface area contributed by atoms with Gasteiger partial charge in [-0.3, -0.25) is 4.79 Å². The van der Waals surface area contributed by atoms with Gasteiger partial charge in [0.1, 0.15) is 11.5 Å². The fourth-order valence-corrected chi connectivity index (χ4v) is 2.36. The Balaban J connectivity index is 2.21. The molecule has 2 aromatic carbocycles. The van der Waals surface area contributed by atoms with Crippen molar-refractivity contribution in [3.63, 3.8) is 0 Å². The third-order valence-electron chi connectivity index (χ3n) is 3.68. The van der Waals surface area contributed by atoms with Crippen LogP contribution in [0.3, 0.4) is 0 Å². The van der Waals surface area contributed by atoms with Crippen molar-refractivity contribution in [2.75, 3.05) is 25.2 Å². The first kappa shape index (κ1) is 20.2. The molecule has 0 aliphatic rings. The highest BCUT2D eigenvalue weighted by Gasteiger charge is 2.45. The molecule has 1 N–H and O–H groups in total. The first-order chi connectivity index (χ1) is 12.8. The summed E-state index contributed by atoms with van der Waals surface area (Å²) in [5.41, 5.74) is -0.304. The molecule has 0 atom stereocenters. The van der Waals surface area contributed by atoms with Crippen LogP contribution in [0.4, 0.5) is 14.5 Å². The number of alkyl halides is 2. The lowest BCUT2D eigenvalue weighted by molar-refractivity contribution is -0.143. The lowest BCUT2D eigenvalue weighted by atomic mass is 10.1. The number of amides is 1. The molecule has 0 saturated heterocycles. The van der Waals surface area contributed by atoms with Crippen molar-refractivity contribution in [2.24, 2.45) is 0 Å². The third kappa shape index (κ3) is 4.72. The quantitative estimate of drug-likeness (QED) is 0.762. The van der Waals surface area contributed by atoms with Gasteiger partial charge in [0.2, 0.25) is 0 Å². The summed E-state index contributed by atoms with van der Waals surface area (Å²) < 4.78 is 39.8. The molecule has 0 heterocycles. The van der Waals surface area contributed by atoms with Crippen molar-refractivity contribution in [2.45, 2.75) is 12.8 Å². The predicted molar refractivity (Wildman–Crippen MR) is 94.5 cm³/mol. The van der Waals surface area contributed by atoms with E-state index in [1.54, 1.807) is 13.0 Å². The number of aliphatic carboxylic acids is 1. The molecule has 0 aromatic heterocycles. The van der Waals surface area contributed by atoms with E-state index in [2.05, 4.69) is 0 Å². The Hall–Kier alpha value is -3.16. The normalized spacial score (nSPS) is 11.0. The second-order valence-electron chi connectivity index (χ2n) is 5.54. The van der Waals surface area contributed by atoms with E-state index in [4.69, 9.17) is 14.6 Å². The monoisotopic (exact) mass is 379 g/mol. The summed E-state index contributed by atoms with van der Waals surface area (Å²) in [6, 6.07) is 11.1. The molecule has 0 aliphatic carbocycles. The largest absolute Gasteiger partial charge is 0.493 e. The summed E-state index contributed by atoms with van der Waals surface area (Å²) in [4.78, 5) is 23.7. The van der Waals surface area contributed by atoms with Crippen LogP contribution in [0.15, 0.2) is 48.5 Å². The number of likely N-dealkylation sites (N-methyl/N-ethyl adjacent to an activating group) is 1. The van der Waals surface area contributed by atoms with E-state index in [9.17, 15) is 18.4 Å². The van der Waals surface area contributed by atoms with Gasteiger partial charge in [0, 0.05) is 12.7 Å². The molecular weight excluding hydrogens is 360 g/mol. The van der Waals surface area contributed by atoms with Gasteiger partial charge in [-0.15, -0.1) is 0 Å². The molecule has 27 heavy (non-hydrogen) atoms. The average Bonchev–Trinajstić information content (AvgIpc) is 2.66. The van der Waals surface area contributed by atoms with Crippen LogP contribution in [-0.2, 0) is 15.5 Å². The number of ether oxygens (including phenoxy) is 2. The molecule has 6 nitrogen and oxygen atoms in total. The number of carboxylic acid groups (broad SMARTS) is 1. The van der Waals surface area contributed by atoms with Gasteiger partial charge < -0.3 is 19.5 Å². The number of rotatable bonds is 8. The molecule has 2 rings (SSSR count). The van der Waals surface area contributed by atoms with Gasteiger partial charge in [-0.25, -0.2) is 4.79 Å². The van der Waals surface area contributed by atoms with Crippen LogP contribution in [0, 0.1) is 0 Å². The number of hydrogen-bond acceptors (Lipinski definition) is 4. The van der Waals surface area contributed by atoms with Crippen LogP contribution in [0.1, 0.15) is 12.5 Å². The Bertz CT molecular complexity index is 808. The SMILES string of the molecule is CCOc1ccccc1C(F)(F)C(=O)N(C)c1ccc(OCC(=O)O)cc1. The minimum absolute atomic E-state index is 0.0517. The number of anilines is 1. The van der Waals surface area contributed by atoms with Crippen LogP contribution in [0.2, 0.25) is 0 Å². The fraction of sp³-hybridized carbons (Fsp3) is 0.263. The summed E-state index contributed by atoms with van der Waals surface area (Å²) >= 11 is 0. The predicted octanol–water partition coefficient (Wildman–Crippen LogP) is 3.30. The molecule has 8 heteroatoms. The minimum Gasteiger partial charge on any atom is -0.493 e. The zero-order valence-corrected chi connectivity index (χ0v) is 14.8. The maximum atomic E-state index is 14.8. The molecular formula is C19H19F2NO5. The van der Waals surface area contributed by atoms with Crippen LogP contribution in [0.25, 0.3) is 0 Å². The van der Waals surface area contributed by atoms with Crippen molar-refractivity contribution in [1.29, 1.82) is 0 Å². The Labute approximate surface area is 154 Å². The molecule has 0 saturated carbocycles. The van der Waals surface area contributed by atoms with E-state index in [1.165, 1.54) is 43.4 Å². The van der Waals surface area contributed by atoms with Crippen LogP contribution in [0.5, 0.6) is 11.5 Å². The first-order valence-electron chi connectivity index (χ1n) is 8.10. The second kappa shape index (κ2) is 8.48. The van der Waals surface area contributed by atoms with Crippen molar-refractivity contribution in [3.8, 4) is 11.5 Å². The maximum absolute atomic E-state index is 14.8. The van der Waals surface area contributed by atoms with Gasteiger partial charge >= 0.3 is 17.8 Å². The second-order valence-corrected chi connectivity index (χ2v) is 5.54. The summed E-state index contributed by atoms with van der Waals surface area (Å²) in [5, 5.41) is 8.58. The number of carbonyl (C=O) groups is 2.